The van der Waals surface area contributed by atoms with Crippen LogP contribution in [0.25, 0.3) is 0 Å². The fourth-order valence-electron chi connectivity index (χ4n) is 5.53. The minimum absolute atomic E-state index is 0.138. The number of pyridine rings is 1. The summed E-state index contributed by atoms with van der Waals surface area (Å²) in [6.45, 7) is 4.35. The van der Waals surface area contributed by atoms with Crippen molar-refractivity contribution in [3.63, 3.8) is 0 Å². The molecule has 2 saturated heterocycles. The number of anilines is 2. The van der Waals surface area contributed by atoms with E-state index in [-0.39, 0.29) is 5.69 Å². The molecule has 1 atom stereocenters. The van der Waals surface area contributed by atoms with Crippen LogP contribution in [-0.4, -0.2) is 51.0 Å². The second-order valence-electron chi connectivity index (χ2n) is 9.73. The van der Waals surface area contributed by atoms with Crippen molar-refractivity contribution < 1.29 is 21.6 Å². The first-order valence-corrected chi connectivity index (χ1v) is 13.3. The molecule has 2 aromatic rings. The Morgan fingerprint density at radius 2 is 1.97 bits per heavy atom. The first-order chi connectivity index (χ1) is 16.2. The lowest BCUT2D eigenvalue weighted by Crippen LogP contribution is -2.35. The number of hydrogen-bond donors (Lipinski definition) is 1. The maximum Gasteiger partial charge on any atom is 0.268 e. The van der Waals surface area contributed by atoms with Crippen molar-refractivity contribution in [3.8, 4) is 0 Å². The topological polar surface area (TPSA) is 65.5 Å². The Balaban J connectivity index is 1.31. The highest BCUT2D eigenvalue weighted by Gasteiger charge is 2.43. The van der Waals surface area contributed by atoms with E-state index in [1.54, 1.807) is 0 Å². The van der Waals surface area contributed by atoms with Crippen LogP contribution in [-0.2, 0) is 10.0 Å². The molecule has 1 aromatic heterocycles. The molecule has 5 rings (SSSR count). The zero-order valence-corrected chi connectivity index (χ0v) is 20.1. The largest absolute Gasteiger partial charge is 0.370 e. The number of aromatic nitrogens is 1. The summed E-state index contributed by atoms with van der Waals surface area (Å²) >= 11 is 6.20. The summed E-state index contributed by atoms with van der Waals surface area (Å²) < 4.78 is 70.5. The van der Waals surface area contributed by atoms with Crippen LogP contribution in [0.3, 0.4) is 0 Å². The van der Waals surface area contributed by atoms with Gasteiger partial charge in [-0.1, -0.05) is 24.1 Å². The van der Waals surface area contributed by atoms with Crippen molar-refractivity contribution in [2.75, 3.05) is 42.3 Å². The average Bonchev–Trinajstić information content (AvgIpc) is 3.38. The highest BCUT2D eigenvalue weighted by Crippen LogP contribution is 2.48. The van der Waals surface area contributed by atoms with Gasteiger partial charge in [0.15, 0.2) is 10.7 Å². The molecule has 0 amide bonds. The average molecular weight is 515 g/mol. The van der Waals surface area contributed by atoms with Crippen LogP contribution in [0.5, 0.6) is 0 Å². The number of rotatable bonds is 6. The van der Waals surface area contributed by atoms with Crippen LogP contribution in [0, 0.1) is 28.9 Å². The Hall–Kier alpha value is -2.04. The van der Waals surface area contributed by atoms with Gasteiger partial charge in [-0.05, 0) is 55.7 Å². The maximum atomic E-state index is 15.1. The Morgan fingerprint density at radius 3 is 2.65 bits per heavy atom. The predicted molar refractivity (Wildman–Crippen MR) is 124 cm³/mol. The highest BCUT2D eigenvalue weighted by atomic mass is 35.5. The second kappa shape index (κ2) is 8.87. The third-order valence-electron chi connectivity index (χ3n) is 7.39. The molecule has 3 fully saturated rings. The van der Waals surface area contributed by atoms with Gasteiger partial charge in [0.1, 0.15) is 16.7 Å². The standard InChI is InChI=1S/C23H26ClF3N4O2S/c24-20-17(31-9-5-15(13-31)12-30-10-8-23(14-30)6-2-7-23)11-16(25)22(21(20)27)34(32,33)29-19-4-1-3-18(26)28-19/h1,3-4,11,15H,2,5-10,12-14H2,(H,28,29). The van der Waals surface area contributed by atoms with Crippen molar-refractivity contribution in [2.45, 2.75) is 37.0 Å². The molecule has 34 heavy (non-hydrogen) atoms. The Labute approximate surface area is 202 Å². The summed E-state index contributed by atoms with van der Waals surface area (Å²) in [4.78, 5) is 6.46. The van der Waals surface area contributed by atoms with Crippen LogP contribution < -0.4 is 9.62 Å². The van der Waals surface area contributed by atoms with E-state index in [2.05, 4.69) is 9.88 Å². The fraction of sp³-hybridized carbons (Fsp3) is 0.522. The number of nitrogens with one attached hydrogen (secondary N) is 1. The van der Waals surface area contributed by atoms with Gasteiger partial charge in [-0.2, -0.15) is 4.39 Å². The summed E-state index contributed by atoms with van der Waals surface area (Å²) in [6.07, 6.45) is 6.07. The first-order valence-electron chi connectivity index (χ1n) is 11.5. The molecule has 184 valence electrons. The lowest BCUT2D eigenvalue weighted by atomic mass is 9.68. The van der Waals surface area contributed by atoms with E-state index in [4.69, 9.17) is 11.6 Å². The monoisotopic (exact) mass is 514 g/mol. The SMILES string of the molecule is O=S(=O)(Nc1cccc(F)n1)c1c(F)cc(N2CCC(CN3CCC4(CCC4)C3)C2)c(Cl)c1F. The number of sulfonamides is 1. The van der Waals surface area contributed by atoms with E-state index in [0.717, 1.165) is 38.2 Å². The molecule has 6 nitrogen and oxygen atoms in total. The summed E-state index contributed by atoms with van der Waals surface area (Å²) in [5.41, 5.74) is 0.656. The predicted octanol–water partition coefficient (Wildman–Crippen LogP) is 4.66. The van der Waals surface area contributed by atoms with Gasteiger partial charge < -0.3 is 9.80 Å². The smallest absolute Gasteiger partial charge is 0.268 e. The zero-order valence-electron chi connectivity index (χ0n) is 18.5. The van der Waals surface area contributed by atoms with Gasteiger partial charge in [0, 0.05) is 32.2 Å². The van der Waals surface area contributed by atoms with E-state index < -0.39 is 43.3 Å². The van der Waals surface area contributed by atoms with Gasteiger partial charge in [0.05, 0.1) is 5.69 Å². The maximum absolute atomic E-state index is 15.1. The van der Waals surface area contributed by atoms with Gasteiger partial charge in [-0.25, -0.2) is 22.2 Å². The molecule has 11 heteroatoms. The minimum atomic E-state index is -4.73. The second-order valence-corrected chi connectivity index (χ2v) is 11.7. The Morgan fingerprint density at radius 1 is 1.18 bits per heavy atom. The fourth-order valence-corrected chi connectivity index (χ4v) is 7.00. The molecule has 1 saturated carbocycles. The first kappa shape index (κ1) is 23.7. The van der Waals surface area contributed by atoms with Crippen LogP contribution in [0.2, 0.25) is 5.02 Å². The number of nitrogens with zero attached hydrogens (tertiary/aromatic N) is 3. The van der Waals surface area contributed by atoms with Gasteiger partial charge in [-0.15, -0.1) is 0 Å². The highest BCUT2D eigenvalue weighted by molar-refractivity contribution is 7.92. The van der Waals surface area contributed by atoms with Crippen molar-refractivity contribution in [1.29, 1.82) is 0 Å². The minimum Gasteiger partial charge on any atom is -0.370 e. The third-order valence-corrected chi connectivity index (χ3v) is 9.14. The summed E-state index contributed by atoms with van der Waals surface area (Å²) in [6, 6.07) is 4.37. The van der Waals surface area contributed by atoms with E-state index in [0.29, 0.717) is 24.4 Å². The normalized spacial score (nSPS) is 22.4. The molecule has 0 bridgehead atoms. The van der Waals surface area contributed by atoms with E-state index in [1.807, 2.05) is 9.62 Å². The molecule has 3 aliphatic rings. The van der Waals surface area contributed by atoms with Gasteiger partial charge >= 0.3 is 0 Å². The van der Waals surface area contributed by atoms with E-state index in [9.17, 15) is 17.2 Å². The lowest BCUT2D eigenvalue weighted by Gasteiger charge is -2.38. The Bertz CT molecular complexity index is 1210. The number of likely N-dealkylation sites (tertiary alicyclic amines) is 1. The Kier molecular flexibility index (Phi) is 6.18. The quantitative estimate of drug-likeness (QED) is 0.449. The van der Waals surface area contributed by atoms with Crippen molar-refractivity contribution in [3.05, 3.63) is 46.9 Å². The van der Waals surface area contributed by atoms with Crippen molar-refractivity contribution >= 4 is 33.1 Å². The van der Waals surface area contributed by atoms with Crippen LogP contribution in [0.15, 0.2) is 29.2 Å². The van der Waals surface area contributed by atoms with Crippen LogP contribution >= 0.6 is 11.6 Å². The van der Waals surface area contributed by atoms with Crippen LogP contribution in [0.1, 0.15) is 32.1 Å². The number of hydrogen-bond acceptors (Lipinski definition) is 5. The van der Waals surface area contributed by atoms with E-state index >= 15 is 4.39 Å². The van der Waals surface area contributed by atoms with Gasteiger partial charge in [0.25, 0.3) is 10.0 Å². The van der Waals surface area contributed by atoms with Crippen LogP contribution in [0.4, 0.5) is 24.7 Å². The third kappa shape index (κ3) is 4.47. The molecule has 1 spiro atoms. The molecule has 0 radical (unpaired) electrons. The van der Waals surface area contributed by atoms with Crippen molar-refractivity contribution in [1.82, 2.24) is 9.88 Å². The molecular weight excluding hydrogens is 489 g/mol. The number of benzene rings is 1. The molecule has 1 aromatic carbocycles. The molecule has 1 aliphatic carbocycles. The number of halogens is 4. The summed E-state index contributed by atoms with van der Waals surface area (Å²) in [7, 11) is -4.73. The molecule has 2 aliphatic heterocycles. The lowest BCUT2D eigenvalue weighted by molar-refractivity contribution is 0.134. The van der Waals surface area contributed by atoms with Gasteiger partial charge in [-0.3, -0.25) is 4.72 Å². The van der Waals surface area contributed by atoms with Gasteiger partial charge in [0.2, 0.25) is 5.95 Å². The summed E-state index contributed by atoms with van der Waals surface area (Å²) in [5, 5.41) is -0.454. The molecule has 3 heterocycles. The summed E-state index contributed by atoms with van der Waals surface area (Å²) in [5.74, 6) is -3.63. The van der Waals surface area contributed by atoms with E-state index in [1.165, 1.54) is 37.8 Å². The van der Waals surface area contributed by atoms with Crippen molar-refractivity contribution in [2.24, 2.45) is 11.3 Å². The molecule has 1 N–H and O–H groups in total. The zero-order chi connectivity index (χ0) is 24.1. The molecular formula is C23H26ClF3N4O2S. The molecule has 1 unspecified atom stereocenters.